The summed E-state index contributed by atoms with van der Waals surface area (Å²) in [6.07, 6.45) is -1.98. The van der Waals surface area contributed by atoms with E-state index in [1.54, 1.807) is 18.2 Å². The van der Waals surface area contributed by atoms with E-state index in [0.29, 0.717) is 16.3 Å². The van der Waals surface area contributed by atoms with Crippen LogP contribution >= 0.6 is 11.6 Å². The zero-order valence-electron chi connectivity index (χ0n) is 11.3. The van der Waals surface area contributed by atoms with E-state index in [1.165, 1.54) is 6.26 Å². The molecule has 2 aromatic rings. The standard InChI is InChI=1S/C13H11ClF3N3OS/c1-22(21)7-8-6-9(2-3-10(8)14)19-12-18-5-4-11(20-12)13(15,16)17/h2-6H,7H2,1H3,(H,18,19,20)/t22-/m0/s1. The number of alkyl halides is 3. The third kappa shape index (κ3) is 4.41. The first-order chi connectivity index (χ1) is 10.3. The molecule has 9 heteroatoms. The zero-order chi connectivity index (χ0) is 16.3. The molecule has 4 nitrogen and oxygen atoms in total. The molecule has 1 heterocycles. The molecule has 1 aromatic heterocycles. The maximum atomic E-state index is 12.6. The second-order valence-electron chi connectivity index (χ2n) is 4.41. The molecule has 0 bridgehead atoms. The minimum Gasteiger partial charge on any atom is -0.324 e. The van der Waals surface area contributed by atoms with Crippen molar-refractivity contribution in [2.75, 3.05) is 11.6 Å². The van der Waals surface area contributed by atoms with Crippen molar-refractivity contribution in [3.05, 3.63) is 46.7 Å². The van der Waals surface area contributed by atoms with E-state index >= 15 is 0 Å². The lowest BCUT2D eigenvalue weighted by molar-refractivity contribution is -0.141. The molecule has 1 N–H and O–H groups in total. The maximum absolute atomic E-state index is 12.6. The highest BCUT2D eigenvalue weighted by Crippen LogP contribution is 2.28. The van der Waals surface area contributed by atoms with Crippen molar-refractivity contribution < 1.29 is 17.4 Å². The van der Waals surface area contributed by atoms with Crippen molar-refractivity contribution in [1.29, 1.82) is 0 Å². The number of anilines is 2. The van der Waals surface area contributed by atoms with Crippen molar-refractivity contribution in [3.8, 4) is 0 Å². The van der Waals surface area contributed by atoms with E-state index < -0.39 is 22.7 Å². The summed E-state index contributed by atoms with van der Waals surface area (Å²) in [6.45, 7) is 0. The molecular formula is C13H11ClF3N3OS. The van der Waals surface area contributed by atoms with Gasteiger partial charge in [0.1, 0.15) is 5.69 Å². The number of hydrogen-bond acceptors (Lipinski definition) is 4. The summed E-state index contributed by atoms with van der Waals surface area (Å²) in [4.78, 5) is 7.16. The molecule has 0 aliphatic carbocycles. The van der Waals surface area contributed by atoms with Gasteiger partial charge in [0.25, 0.3) is 0 Å². The minimum absolute atomic E-state index is 0.180. The van der Waals surface area contributed by atoms with Gasteiger partial charge in [-0.15, -0.1) is 0 Å². The Labute approximate surface area is 132 Å². The van der Waals surface area contributed by atoms with Crippen molar-refractivity contribution in [2.24, 2.45) is 0 Å². The third-order valence-corrected chi connectivity index (χ3v) is 3.69. The molecule has 0 amide bonds. The highest BCUT2D eigenvalue weighted by Gasteiger charge is 2.32. The van der Waals surface area contributed by atoms with Gasteiger partial charge in [-0.2, -0.15) is 13.2 Å². The first-order valence-electron chi connectivity index (χ1n) is 6.01. The van der Waals surface area contributed by atoms with Crippen LogP contribution in [0.1, 0.15) is 11.3 Å². The van der Waals surface area contributed by atoms with Gasteiger partial charge in [-0.05, 0) is 29.8 Å². The smallest absolute Gasteiger partial charge is 0.324 e. The van der Waals surface area contributed by atoms with E-state index in [2.05, 4.69) is 15.3 Å². The molecule has 0 saturated heterocycles. The van der Waals surface area contributed by atoms with Crippen molar-refractivity contribution in [2.45, 2.75) is 11.9 Å². The average molecular weight is 350 g/mol. The van der Waals surface area contributed by atoms with Crippen molar-refractivity contribution >= 4 is 34.0 Å². The van der Waals surface area contributed by atoms with Gasteiger partial charge >= 0.3 is 6.18 Å². The Balaban J connectivity index is 2.26. The number of hydrogen-bond donors (Lipinski definition) is 1. The molecule has 1 atom stereocenters. The molecule has 22 heavy (non-hydrogen) atoms. The van der Waals surface area contributed by atoms with Crippen LogP contribution in [0.2, 0.25) is 5.02 Å². The van der Waals surface area contributed by atoms with Crippen LogP contribution in [0.3, 0.4) is 0 Å². The predicted octanol–water partition coefficient (Wildman–Crippen LogP) is 3.77. The summed E-state index contributed by atoms with van der Waals surface area (Å²) in [6, 6.07) is 5.54. The second kappa shape index (κ2) is 6.62. The molecule has 0 aliphatic heterocycles. The van der Waals surface area contributed by atoms with Gasteiger partial charge in [0.2, 0.25) is 5.95 Å². The molecule has 0 unspecified atom stereocenters. The third-order valence-electron chi connectivity index (χ3n) is 2.61. The molecule has 0 aliphatic rings. The Kier molecular flexibility index (Phi) is 5.02. The fourth-order valence-electron chi connectivity index (χ4n) is 1.69. The first-order valence-corrected chi connectivity index (χ1v) is 8.12. The minimum atomic E-state index is -4.54. The van der Waals surface area contributed by atoms with Gasteiger partial charge in [-0.25, -0.2) is 9.97 Å². The summed E-state index contributed by atoms with van der Waals surface area (Å²) in [5.74, 6) is 0.0679. The van der Waals surface area contributed by atoms with Gasteiger partial charge in [0.05, 0.1) is 0 Å². The molecule has 0 radical (unpaired) electrons. The van der Waals surface area contributed by atoms with Gasteiger partial charge in [0.15, 0.2) is 0 Å². The van der Waals surface area contributed by atoms with Crippen LogP contribution in [-0.4, -0.2) is 20.4 Å². The molecule has 1 aromatic carbocycles. The number of halogens is 4. The maximum Gasteiger partial charge on any atom is 0.433 e. The monoisotopic (exact) mass is 349 g/mol. The lowest BCUT2D eigenvalue weighted by Gasteiger charge is -2.10. The number of aromatic nitrogens is 2. The van der Waals surface area contributed by atoms with E-state index in [1.807, 2.05) is 0 Å². The second-order valence-corrected chi connectivity index (χ2v) is 6.25. The van der Waals surface area contributed by atoms with E-state index in [4.69, 9.17) is 11.6 Å². The van der Waals surface area contributed by atoms with Crippen LogP contribution in [0.4, 0.5) is 24.8 Å². The Morgan fingerprint density at radius 3 is 2.68 bits per heavy atom. The Morgan fingerprint density at radius 1 is 1.32 bits per heavy atom. The number of benzene rings is 1. The van der Waals surface area contributed by atoms with Gasteiger partial charge in [0, 0.05) is 39.7 Å². The summed E-state index contributed by atoms with van der Waals surface area (Å²) in [5, 5.41) is 3.11. The van der Waals surface area contributed by atoms with Crippen LogP contribution in [0.5, 0.6) is 0 Å². The largest absolute Gasteiger partial charge is 0.433 e. The molecule has 0 fully saturated rings. The Hall–Kier alpha value is -1.67. The normalized spacial score (nSPS) is 13.0. The molecule has 118 valence electrons. The lowest BCUT2D eigenvalue weighted by atomic mass is 10.2. The van der Waals surface area contributed by atoms with Crippen LogP contribution in [0.25, 0.3) is 0 Å². The van der Waals surface area contributed by atoms with Crippen LogP contribution in [0.15, 0.2) is 30.5 Å². The first kappa shape index (κ1) is 16.7. The zero-order valence-corrected chi connectivity index (χ0v) is 12.9. The lowest BCUT2D eigenvalue weighted by Crippen LogP contribution is -2.10. The van der Waals surface area contributed by atoms with Gasteiger partial charge < -0.3 is 5.32 Å². The summed E-state index contributed by atoms with van der Waals surface area (Å²) >= 11 is 5.99. The highest BCUT2D eigenvalue weighted by atomic mass is 35.5. The fraction of sp³-hybridized carbons (Fsp3) is 0.231. The summed E-state index contributed by atoms with van der Waals surface area (Å²) in [7, 11) is -1.09. The van der Waals surface area contributed by atoms with Crippen LogP contribution in [-0.2, 0) is 22.7 Å². The summed E-state index contributed by atoms with van der Waals surface area (Å²) < 4.78 is 49.1. The van der Waals surface area contributed by atoms with E-state index in [-0.39, 0.29) is 11.7 Å². The van der Waals surface area contributed by atoms with Crippen molar-refractivity contribution in [3.63, 3.8) is 0 Å². The van der Waals surface area contributed by atoms with Gasteiger partial charge in [-0.1, -0.05) is 11.6 Å². The molecule has 2 rings (SSSR count). The average Bonchev–Trinajstić information content (AvgIpc) is 2.41. The summed E-state index contributed by atoms with van der Waals surface area (Å²) in [5.41, 5.74) is 0.0532. The van der Waals surface area contributed by atoms with E-state index in [0.717, 1.165) is 12.3 Å². The quantitative estimate of drug-likeness (QED) is 0.913. The predicted molar refractivity (Wildman–Crippen MR) is 79.5 cm³/mol. The van der Waals surface area contributed by atoms with E-state index in [9.17, 15) is 17.4 Å². The Bertz CT molecular complexity index is 709. The highest BCUT2D eigenvalue weighted by molar-refractivity contribution is 7.83. The fourth-order valence-corrected chi connectivity index (χ4v) is 2.63. The van der Waals surface area contributed by atoms with Crippen molar-refractivity contribution in [1.82, 2.24) is 9.97 Å². The SMILES string of the molecule is C[S@](=O)Cc1cc(Nc2nccc(C(F)(F)F)n2)ccc1Cl. The van der Waals surface area contributed by atoms with Crippen LogP contribution in [0, 0.1) is 0 Å². The number of nitrogens with zero attached hydrogens (tertiary/aromatic N) is 2. The topological polar surface area (TPSA) is 54.9 Å². The molecule has 0 spiro atoms. The Morgan fingerprint density at radius 2 is 2.05 bits per heavy atom. The number of rotatable bonds is 4. The number of nitrogens with one attached hydrogen (secondary N) is 1. The molecular weight excluding hydrogens is 339 g/mol. The van der Waals surface area contributed by atoms with Gasteiger partial charge in [-0.3, -0.25) is 4.21 Å². The van der Waals surface area contributed by atoms with Crippen LogP contribution < -0.4 is 5.32 Å². The molecule has 0 saturated carbocycles.